The van der Waals surface area contributed by atoms with E-state index >= 15 is 0 Å². The molecule has 0 aromatic heterocycles. The Morgan fingerprint density at radius 1 is 1.50 bits per heavy atom. The van der Waals surface area contributed by atoms with Crippen LogP contribution in [-0.2, 0) is 0 Å². The van der Waals surface area contributed by atoms with Crippen molar-refractivity contribution in [1.82, 2.24) is 4.90 Å². The van der Waals surface area contributed by atoms with E-state index in [-0.39, 0.29) is 28.8 Å². The maximum Gasteiger partial charge on any atom is 0.321 e. The van der Waals surface area contributed by atoms with Gasteiger partial charge in [-0.15, -0.1) is 0 Å². The van der Waals surface area contributed by atoms with Gasteiger partial charge in [-0.25, -0.2) is 4.79 Å². The van der Waals surface area contributed by atoms with Gasteiger partial charge in [0.2, 0.25) is 0 Å². The predicted molar refractivity (Wildman–Crippen MR) is 83.1 cm³/mol. The van der Waals surface area contributed by atoms with Crippen LogP contribution in [0.15, 0.2) is 18.2 Å². The van der Waals surface area contributed by atoms with Crippen molar-refractivity contribution < 1.29 is 14.8 Å². The summed E-state index contributed by atoms with van der Waals surface area (Å²) in [6.07, 6.45) is 1.11. The van der Waals surface area contributed by atoms with Gasteiger partial charge in [-0.05, 0) is 37.8 Å². The first-order valence-electron chi connectivity index (χ1n) is 7.06. The van der Waals surface area contributed by atoms with E-state index in [4.69, 9.17) is 11.6 Å². The lowest BCUT2D eigenvalue weighted by molar-refractivity contribution is -0.384. The summed E-state index contributed by atoms with van der Waals surface area (Å²) in [5.41, 5.74) is 0.0889. The highest BCUT2D eigenvalue weighted by molar-refractivity contribution is 6.32. The first-order chi connectivity index (χ1) is 10.4. The summed E-state index contributed by atoms with van der Waals surface area (Å²) in [7, 11) is 0. The Bertz CT molecular complexity index is 571. The molecular weight excluding hydrogens is 310 g/mol. The van der Waals surface area contributed by atoms with Gasteiger partial charge in [0, 0.05) is 24.8 Å². The number of nitrogens with zero attached hydrogens (tertiary/aromatic N) is 2. The normalized spacial score (nSPS) is 17.1. The number of hydrogen-bond acceptors (Lipinski definition) is 4. The highest BCUT2D eigenvalue weighted by Crippen LogP contribution is 2.28. The van der Waals surface area contributed by atoms with Gasteiger partial charge in [0.1, 0.15) is 5.02 Å². The fraction of sp³-hybridized carbons (Fsp3) is 0.500. The third kappa shape index (κ3) is 3.86. The Labute approximate surface area is 133 Å². The molecule has 8 heteroatoms. The number of likely N-dealkylation sites (tertiary alicyclic amines) is 1. The van der Waals surface area contributed by atoms with Crippen LogP contribution in [0.5, 0.6) is 0 Å². The van der Waals surface area contributed by atoms with Gasteiger partial charge >= 0.3 is 6.03 Å². The molecule has 7 nitrogen and oxygen atoms in total. The zero-order valence-electron chi connectivity index (χ0n) is 12.2. The fourth-order valence-electron chi connectivity index (χ4n) is 2.52. The van der Waals surface area contributed by atoms with Gasteiger partial charge in [0.05, 0.1) is 11.0 Å². The summed E-state index contributed by atoms with van der Waals surface area (Å²) in [5.74, 6) is 0.209. The number of halogens is 1. The van der Waals surface area contributed by atoms with Crippen molar-refractivity contribution >= 4 is 29.0 Å². The number of carbonyl (C=O) groups excluding carboxylic acids is 1. The van der Waals surface area contributed by atoms with E-state index in [1.54, 1.807) is 11.8 Å². The number of nitrogens with one attached hydrogen (secondary N) is 1. The summed E-state index contributed by atoms with van der Waals surface area (Å²) in [6.45, 7) is 2.86. The number of carbonyl (C=O) groups is 1. The van der Waals surface area contributed by atoms with Crippen LogP contribution in [0.2, 0.25) is 5.02 Å². The van der Waals surface area contributed by atoms with E-state index in [2.05, 4.69) is 5.32 Å². The predicted octanol–water partition coefficient (Wildman–Crippen LogP) is 2.87. The Hall–Kier alpha value is -1.86. The second-order valence-electron chi connectivity index (χ2n) is 5.42. The standard InChI is InChI=1S/C14H18ClN3O4/c1-9(19)10-4-6-17(7-5-10)14(20)16-11-2-3-12(15)13(8-11)18(21)22/h2-3,8-10,19H,4-7H2,1H3,(H,16,20). The average Bonchev–Trinajstić information content (AvgIpc) is 2.49. The number of hydrogen-bond donors (Lipinski definition) is 2. The highest BCUT2D eigenvalue weighted by Gasteiger charge is 2.25. The van der Waals surface area contributed by atoms with Gasteiger partial charge in [-0.2, -0.15) is 0 Å². The molecule has 1 aromatic carbocycles. The molecule has 0 saturated carbocycles. The molecule has 1 saturated heterocycles. The summed E-state index contributed by atoms with van der Waals surface area (Å²) in [6, 6.07) is 3.84. The van der Waals surface area contributed by atoms with E-state index in [9.17, 15) is 20.0 Å². The van der Waals surface area contributed by atoms with Crippen LogP contribution in [0, 0.1) is 16.0 Å². The molecule has 1 heterocycles. The van der Waals surface area contributed by atoms with E-state index in [1.807, 2.05) is 0 Å². The molecule has 1 aliphatic rings. The number of aliphatic hydroxyl groups excluding tert-OH is 1. The lowest BCUT2D eigenvalue weighted by atomic mass is 9.92. The molecule has 1 aliphatic heterocycles. The average molecular weight is 328 g/mol. The Balaban J connectivity index is 1.98. The molecular formula is C14H18ClN3O4. The minimum Gasteiger partial charge on any atom is -0.393 e. The lowest BCUT2D eigenvalue weighted by Crippen LogP contribution is -2.42. The molecule has 22 heavy (non-hydrogen) atoms. The van der Waals surface area contributed by atoms with E-state index in [0.717, 1.165) is 12.8 Å². The van der Waals surface area contributed by atoms with Crippen molar-refractivity contribution in [3.8, 4) is 0 Å². The maximum absolute atomic E-state index is 12.2. The fourth-order valence-corrected chi connectivity index (χ4v) is 2.70. The Kier molecular flexibility index (Phi) is 5.20. The van der Waals surface area contributed by atoms with Crippen LogP contribution in [0.3, 0.4) is 0 Å². The van der Waals surface area contributed by atoms with Crippen molar-refractivity contribution in [3.63, 3.8) is 0 Å². The smallest absolute Gasteiger partial charge is 0.321 e. The van der Waals surface area contributed by atoms with Crippen LogP contribution in [-0.4, -0.2) is 40.2 Å². The van der Waals surface area contributed by atoms with Crippen LogP contribution in [0.25, 0.3) is 0 Å². The minimum absolute atomic E-state index is 0.0285. The number of benzene rings is 1. The molecule has 1 atom stereocenters. The lowest BCUT2D eigenvalue weighted by Gasteiger charge is -2.33. The van der Waals surface area contributed by atoms with Gasteiger partial charge in [-0.3, -0.25) is 10.1 Å². The van der Waals surface area contributed by atoms with Crippen LogP contribution >= 0.6 is 11.6 Å². The molecule has 1 aromatic rings. The number of nitro benzene ring substituents is 1. The number of urea groups is 1. The van der Waals surface area contributed by atoms with Crippen molar-refractivity contribution in [1.29, 1.82) is 0 Å². The summed E-state index contributed by atoms with van der Waals surface area (Å²) in [4.78, 5) is 24.0. The van der Waals surface area contributed by atoms with E-state index in [0.29, 0.717) is 18.8 Å². The van der Waals surface area contributed by atoms with Gasteiger partial charge < -0.3 is 15.3 Å². The molecule has 0 radical (unpaired) electrons. The third-order valence-electron chi connectivity index (χ3n) is 3.90. The number of piperidine rings is 1. The number of aliphatic hydroxyl groups is 1. The maximum atomic E-state index is 12.2. The van der Waals surface area contributed by atoms with Crippen molar-refractivity contribution in [2.75, 3.05) is 18.4 Å². The zero-order chi connectivity index (χ0) is 16.3. The van der Waals surface area contributed by atoms with Crippen molar-refractivity contribution in [2.24, 2.45) is 5.92 Å². The number of amides is 2. The Morgan fingerprint density at radius 2 is 2.14 bits per heavy atom. The van der Waals surface area contributed by atoms with Crippen molar-refractivity contribution in [2.45, 2.75) is 25.9 Å². The van der Waals surface area contributed by atoms with E-state index < -0.39 is 4.92 Å². The monoisotopic (exact) mass is 327 g/mol. The molecule has 2 amide bonds. The first-order valence-corrected chi connectivity index (χ1v) is 7.44. The van der Waals surface area contributed by atoms with Crippen molar-refractivity contribution in [3.05, 3.63) is 33.3 Å². The van der Waals surface area contributed by atoms with E-state index in [1.165, 1.54) is 18.2 Å². The van der Waals surface area contributed by atoms with Gasteiger partial charge in [-0.1, -0.05) is 11.6 Å². The molecule has 0 aliphatic carbocycles. The largest absolute Gasteiger partial charge is 0.393 e. The highest BCUT2D eigenvalue weighted by atomic mass is 35.5. The molecule has 0 spiro atoms. The Morgan fingerprint density at radius 3 is 2.68 bits per heavy atom. The summed E-state index contributed by atoms with van der Waals surface area (Å²) < 4.78 is 0. The molecule has 1 fully saturated rings. The number of nitro groups is 1. The molecule has 120 valence electrons. The second kappa shape index (κ2) is 6.93. The third-order valence-corrected chi connectivity index (χ3v) is 4.22. The minimum atomic E-state index is -0.591. The number of rotatable bonds is 3. The second-order valence-corrected chi connectivity index (χ2v) is 5.83. The molecule has 2 N–H and O–H groups in total. The quantitative estimate of drug-likeness (QED) is 0.659. The topological polar surface area (TPSA) is 95.7 Å². The molecule has 2 rings (SSSR count). The van der Waals surface area contributed by atoms with Crippen LogP contribution < -0.4 is 5.32 Å². The zero-order valence-corrected chi connectivity index (χ0v) is 12.9. The summed E-state index contributed by atoms with van der Waals surface area (Å²) in [5, 5.41) is 23.1. The molecule has 1 unspecified atom stereocenters. The van der Waals surface area contributed by atoms with Crippen LogP contribution in [0.4, 0.5) is 16.2 Å². The number of anilines is 1. The molecule has 0 bridgehead atoms. The summed E-state index contributed by atoms with van der Waals surface area (Å²) >= 11 is 5.73. The van der Waals surface area contributed by atoms with Gasteiger partial charge in [0.15, 0.2) is 0 Å². The SMILES string of the molecule is CC(O)C1CCN(C(=O)Nc2ccc(Cl)c([N+](=O)[O-])c2)CC1. The van der Waals surface area contributed by atoms with Crippen LogP contribution in [0.1, 0.15) is 19.8 Å². The van der Waals surface area contributed by atoms with Gasteiger partial charge in [0.25, 0.3) is 5.69 Å². The first kappa shape index (κ1) is 16.5.